The highest BCUT2D eigenvalue weighted by Crippen LogP contribution is 2.20. The van der Waals surface area contributed by atoms with Crippen molar-refractivity contribution in [3.63, 3.8) is 0 Å². The first kappa shape index (κ1) is 8.84. The molecule has 0 amide bonds. The summed E-state index contributed by atoms with van der Waals surface area (Å²) < 4.78 is 9.78. The molecule has 1 heterocycles. The second-order valence-corrected chi connectivity index (χ2v) is 2.51. The monoisotopic (exact) mass is 168 g/mol. The van der Waals surface area contributed by atoms with Crippen LogP contribution in [0.3, 0.4) is 0 Å². The van der Waals surface area contributed by atoms with Crippen molar-refractivity contribution in [2.24, 2.45) is 0 Å². The van der Waals surface area contributed by atoms with Gasteiger partial charge < -0.3 is 9.47 Å². The molecule has 66 valence electrons. The maximum absolute atomic E-state index is 11.1. The summed E-state index contributed by atoms with van der Waals surface area (Å²) in [5.41, 5.74) is 0.650. The normalized spacial score (nSPS) is 16.2. The van der Waals surface area contributed by atoms with E-state index >= 15 is 0 Å². The first-order valence-corrected chi connectivity index (χ1v) is 3.83. The maximum Gasteiger partial charge on any atom is 0.338 e. The van der Waals surface area contributed by atoms with Crippen LogP contribution in [-0.2, 0) is 14.3 Å². The van der Waals surface area contributed by atoms with Gasteiger partial charge in [0.25, 0.3) is 0 Å². The molecule has 0 unspecified atom stereocenters. The van der Waals surface area contributed by atoms with Crippen molar-refractivity contribution < 1.29 is 14.3 Å². The highest BCUT2D eigenvalue weighted by molar-refractivity contribution is 5.91. The average Bonchev–Trinajstić information content (AvgIpc) is 2.43. The molecule has 12 heavy (non-hydrogen) atoms. The van der Waals surface area contributed by atoms with E-state index in [2.05, 4.69) is 6.58 Å². The van der Waals surface area contributed by atoms with Gasteiger partial charge in [0.15, 0.2) is 0 Å². The van der Waals surface area contributed by atoms with Gasteiger partial charge in [0.1, 0.15) is 12.4 Å². The van der Waals surface area contributed by atoms with Crippen molar-refractivity contribution in [1.82, 2.24) is 0 Å². The van der Waals surface area contributed by atoms with E-state index in [4.69, 9.17) is 9.47 Å². The number of carbonyl (C=O) groups excluding carboxylic acids is 1. The van der Waals surface area contributed by atoms with Crippen LogP contribution in [-0.4, -0.2) is 19.7 Å². The molecular weight excluding hydrogens is 156 g/mol. The van der Waals surface area contributed by atoms with Crippen LogP contribution >= 0.6 is 0 Å². The van der Waals surface area contributed by atoms with Crippen LogP contribution in [0.25, 0.3) is 0 Å². The molecule has 0 N–H and O–H groups in total. The molecule has 0 atom stereocenters. The lowest BCUT2D eigenvalue weighted by atomic mass is 10.1. The fourth-order valence-corrected chi connectivity index (χ4v) is 1.09. The van der Waals surface area contributed by atoms with E-state index in [-0.39, 0.29) is 12.6 Å². The quantitative estimate of drug-likeness (QED) is 0.470. The molecule has 1 rings (SSSR count). The van der Waals surface area contributed by atoms with Gasteiger partial charge in [-0.25, -0.2) is 4.79 Å². The van der Waals surface area contributed by atoms with Crippen LogP contribution in [0.4, 0.5) is 0 Å². The Kier molecular flexibility index (Phi) is 2.91. The van der Waals surface area contributed by atoms with Crippen LogP contribution in [0.15, 0.2) is 24.0 Å². The third kappa shape index (κ3) is 1.67. The number of esters is 1. The van der Waals surface area contributed by atoms with Gasteiger partial charge in [-0.2, -0.15) is 0 Å². The maximum atomic E-state index is 11.1. The highest BCUT2D eigenvalue weighted by Gasteiger charge is 2.24. The second-order valence-electron chi connectivity index (χ2n) is 2.51. The van der Waals surface area contributed by atoms with E-state index < -0.39 is 0 Å². The fraction of sp³-hybridized carbons (Fsp3) is 0.444. The lowest BCUT2D eigenvalue weighted by Crippen LogP contribution is -1.98. The van der Waals surface area contributed by atoms with E-state index in [9.17, 15) is 4.79 Å². The van der Waals surface area contributed by atoms with Gasteiger partial charge in [0.2, 0.25) is 0 Å². The minimum atomic E-state index is -0.256. The Morgan fingerprint density at radius 3 is 3.08 bits per heavy atom. The summed E-state index contributed by atoms with van der Waals surface area (Å²) >= 11 is 0. The molecule has 0 radical (unpaired) electrons. The Morgan fingerprint density at radius 1 is 1.75 bits per heavy atom. The van der Waals surface area contributed by atoms with E-state index in [1.54, 1.807) is 13.2 Å². The minimum absolute atomic E-state index is 0.256. The van der Waals surface area contributed by atoms with Gasteiger partial charge >= 0.3 is 5.97 Å². The Hall–Kier alpha value is -1.25. The van der Waals surface area contributed by atoms with Crippen molar-refractivity contribution in [2.45, 2.75) is 12.8 Å². The average molecular weight is 168 g/mol. The van der Waals surface area contributed by atoms with Crippen LogP contribution in [0.5, 0.6) is 0 Å². The summed E-state index contributed by atoms with van der Waals surface area (Å²) in [4.78, 5) is 11.1. The minimum Gasteiger partial charge on any atom is -0.497 e. The summed E-state index contributed by atoms with van der Waals surface area (Å²) in [5, 5.41) is 0. The van der Waals surface area contributed by atoms with Crippen molar-refractivity contribution >= 4 is 5.97 Å². The van der Waals surface area contributed by atoms with E-state index in [0.29, 0.717) is 17.8 Å². The molecule has 3 nitrogen and oxygen atoms in total. The Morgan fingerprint density at radius 2 is 2.50 bits per heavy atom. The van der Waals surface area contributed by atoms with Gasteiger partial charge in [-0.15, -0.1) is 6.58 Å². The lowest BCUT2D eigenvalue weighted by molar-refractivity contribution is -0.136. The molecule has 0 bridgehead atoms. The van der Waals surface area contributed by atoms with Gasteiger partial charge in [-0.05, 0) is 12.8 Å². The predicted octanol–water partition coefficient (Wildman–Crippen LogP) is 1.41. The van der Waals surface area contributed by atoms with Crippen LogP contribution < -0.4 is 0 Å². The summed E-state index contributed by atoms with van der Waals surface area (Å²) in [6.45, 7) is 3.86. The number of carbonyl (C=O) groups is 1. The summed E-state index contributed by atoms with van der Waals surface area (Å²) in [6, 6.07) is 0. The summed E-state index contributed by atoms with van der Waals surface area (Å²) in [5.74, 6) is 0.399. The molecule has 1 aliphatic heterocycles. The third-order valence-corrected chi connectivity index (χ3v) is 1.76. The predicted molar refractivity (Wildman–Crippen MR) is 44.4 cm³/mol. The summed E-state index contributed by atoms with van der Waals surface area (Å²) in [6.07, 6.45) is 3.20. The summed E-state index contributed by atoms with van der Waals surface area (Å²) in [7, 11) is 1.55. The largest absolute Gasteiger partial charge is 0.497 e. The Balaban J connectivity index is 2.66. The van der Waals surface area contributed by atoms with Crippen LogP contribution in [0.2, 0.25) is 0 Å². The number of ether oxygens (including phenoxy) is 2. The molecular formula is C9H12O3. The first-order chi connectivity index (χ1) is 5.79. The number of cyclic esters (lactones) is 1. The van der Waals surface area contributed by atoms with Crippen molar-refractivity contribution in [1.29, 1.82) is 0 Å². The second kappa shape index (κ2) is 3.95. The Bertz CT molecular complexity index is 228. The van der Waals surface area contributed by atoms with Crippen molar-refractivity contribution in [3.05, 3.63) is 24.0 Å². The SMILES string of the molecule is C=CCCC1=C(OC)COC1=O. The molecule has 0 fully saturated rings. The third-order valence-electron chi connectivity index (χ3n) is 1.76. The van der Waals surface area contributed by atoms with Gasteiger partial charge in [0.05, 0.1) is 12.7 Å². The topological polar surface area (TPSA) is 35.5 Å². The molecule has 0 aliphatic carbocycles. The highest BCUT2D eigenvalue weighted by atomic mass is 16.6. The zero-order valence-electron chi connectivity index (χ0n) is 7.13. The lowest BCUT2D eigenvalue weighted by Gasteiger charge is -1.98. The van der Waals surface area contributed by atoms with E-state index in [1.165, 1.54) is 0 Å². The fourth-order valence-electron chi connectivity index (χ4n) is 1.09. The molecule has 0 aromatic carbocycles. The van der Waals surface area contributed by atoms with Gasteiger partial charge in [0, 0.05) is 0 Å². The van der Waals surface area contributed by atoms with Crippen molar-refractivity contribution in [2.75, 3.05) is 13.7 Å². The number of rotatable bonds is 4. The molecule has 3 heteroatoms. The van der Waals surface area contributed by atoms with Crippen LogP contribution in [0, 0.1) is 0 Å². The van der Waals surface area contributed by atoms with Gasteiger partial charge in [-0.1, -0.05) is 6.08 Å². The van der Waals surface area contributed by atoms with Crippen molar-refractivity contribution in [3.8, 4) is 0 Å². The first-order valence-electron chi connectivity index (χ1n) is 3.83. The molecule has 1 aliphatic rings. The number of methoxy groups -OCH3 is 1. The van der Waals surface area contributed by atoms with Crippen LogP contribution in [0.1, 0.15) is 12.8 Å². The zero-order valence-corrected chi connectivity index (χ0v) is 7.13. The van der Waals surface area contributed by atoms with E-state index in [0.717, 1.165) is 6.42 Å². The molecule has 0 aromatic rings. The van der Waals surface area contributed by atoms with E-state index in [1.807, 2.05) is 0 Å². The smallest absolute Gasteiger partial charge is 0.338 e. The standard InChI is InChI=1S/C9H12O3/c1-3-4-5-7-8(11-2)6-12-9(7)10/h3H,1,4-6H2,2H3. The molecule has 0 aromatic heterocycles. The molecule has 0 spiro atoms. The van der Waals surface area contributed by atoms with Gasteiger partial charge in [-0.3, -0.25) is 0 Å². The number of hydrogen-bond donors (Lipinski definition) is 0. The Labute approximate surface area is 71.7 Å². The molecule has 0 saturated heterocycles. The number of allylic oxidation sites excluding steroid dienone is 1. The molecule has 0 saturated carbocycles. The number of hydrogen-bond acceptors (Lipinski definition) is 3. The zero-order chi connectivity index (χ0) is 8.97.